The third kappa shape index (κ3) is 6.15. The number of hydrogen-bond acceptors (Lipinski definition) is 3. The molecule has 1 rings (SSSR count). The highest BCUT2D eigenvalue weighted by molar-refractivity contribution is 7.12. The molecule has 0 aliphatic carbocycles. The summed E-state index contributed by atoms with van der Waals surface area (Å²) in [7, 11) is 0. The van der Waals surface area contributed by atoms with Gasteiger partial charge in [-0.1, -0.05) is 39.0 Å². The second kappa shape index (κ2) is 9.90. The monoisotopic (exact) mass is 280 g/mol. The molecule has 0 saturated heterocycles. The number of carbonyl (C=O) groups excluding carboxylic acids is 2. The molecule has 0 N–H and O–H groups in total. The van der Waals surface area contributed by atoms with E-state index < -0.39 is 0 Å². The Morgan fingerprint density at radius 1 is 1.00 bits per heavy atom. The zero-order valence-corrected chi connectivity index (χ0v) is 12.6. The lowest BCUT2D eigenvalue weighted by Crippen LogP contribution is -1.90. The van der Waals surface area contributed by atoms with Crippen LogP contribution < -0.4 is 0 Å². The third-order valence-corrected chi connectivity index (χ3v) is 4.52. The maximum Gasteiger partial charge on any atom is 0.125 e. The summed E-state index contributed by atoms with van der Waals surface area (Å²) in [5.74, 6) is 0. The van der Waals surface area contributed by atoms with Gasteiger partial charge in [0, 0.05) is 22.6 Å². The number of thiophene rings is 1. The average molecular weight is 280 g/mol. The van der Waals surface area contributed by atoms with E-state index in [1.54, 1.807) is 11.3 Å². The number of carbonyl (C=O) groups is 2. The molecule has 0 saturated carbocycles. The Labute approximate surface area is 120 Å². The normalized spacial score (nSPS) is 10.6. The Kier molecular flexibility index (Phi) is 8.39. The zero-order chi connectivity index (χ0) is 13.9. The van der Waals surface area contributed by atoms with Gasteiger partial charge in [-0.2, -0.15) is 0 Å². The van der Waals surface area contributed by atoms with Crippen molar-refractivity contribution < 1.29 is 9.59 Å². The van der Waals surface area contributed by atoms with Crippen molar-refractivity contribution in [3.63, 3.8) is 0 Å². The molecule has 19 heavy (non-hydrogen) atoms. The minimum absolute atomic E-state index is 0.479. The number of unbranched alkanes of at least 4 members (excludes halogenated alkanes) is 5. The topological polar surface area (TPSA) is 34.1 Å². The first-order valence-corrected chi connectivity index (χ1v) is 8.11. The maximum absolute atomic E-state index is 10.7. The van der Waals surface area contributed by atoms with Crippen molar-refractivity contribution in [2.45, 2.75) is 64.7 Å². The van der Waals surface area contributed by atoms with E-state index in [-0.39, 0.29) is 0 Å². The van der Waals surface area contributed by atoms with Crippen molar-refractivity contribution in [1.82, 2.24) is 0 Å². The lowest BCUT2D eigenvalue weighted by molar-refractivity contribution is -0.108. The molecule has 0 spiro atoms. The van der Waals surface area contributed by atoms with Crippen molar-refractivity contribution in [3.8, 4) is 0 Å². The summed E-state index contributed by atoms with van der Waals surface area (Å²) in [6.07, 6.45) is 11.6. The minimum Gasteiger partial charge on any atom is -0.303 e. The summed E-state index contributed by atoms with van der Waals surface area (Å²) >= 11 is 1.62. The van der Waals surface area contributed by atoms with Crippen LogP contribution in [-0.2, 0) is 28.9 Å². The third-order valence-electron chi connectivity index (χ3n) is 3.30. The van der Waals surface area contributed by atoms with Gasteiger partial charge in [0.15, 0.2) is 0 Å². The van der Waals surface area contributed by atoms with Crippen molar-refractivity contribution in [3.05, 3.63) is 21.4 Å². The van der Waals surface area contributed by atoms with Gasteiger partial charge in [-0.25, -0.2) is 0 Å². The van der Waals surface area contributed by atoms with E-state index in [1.807, 2.05) is 0 Å². The molecule has 0 atom stereocenters. The van der Waals surface area contributed by atoms with Gasteiger partial charge in [0.25, 0.3) is 0 Å². The van der Waals surface area contributed by atoms with E-state index in [0.717, 1.165) is 28.7 Å². The van der Waals surface area contributed by atoms with Gasteiger partial charge in [0.05, 0.1) is 0 Å². The summed E-state index contributed by atoms with van der Waals surface area (Å²) in [5.41, 5.74) is 1.28. The summed E-state index contributed by atoms with van der Waals surface area (Å²) in [6.45, 7) is 2.23. The van der Waals surface area contributed by atoms with Gasteiger partial charge in [-0.15, -0.1) is 11.3 Å². The van der Waals surface area contributed by atoms with E-state index in [2.05, 4.69) is 13.0 Å². The fourth-order valence-electron chi connectivity index (χ4n) is 2.27. The Morgan fingerprint density at radius 3 is 2.37 bits per heavy atom. The highest BCUT2D eigenvalue weighted by Gasteiger charge is 2.08. The molecule has 106 valence electrons. The second-order valence-corrected chi connectivity index (χ2v) is 6.14. The van der Waals surface area contributed by atoms with Crippen LogP contribution in [0.25, 0.3) is 0 Å². The molecule has 0 aromatic carbocycles. The van der Waals surface area contributed by atoms with Crippen LogP contribution in [0.5, 0.6) is 0 Å². The van der Waals surface area contributed by atoms with Gasteiger partial charge >= 0.3 is 0 Å². The molecule has 2 nitrogen and oxygen atoms in total. The van der Waals surface area contributed by atoms with E-state index >= 15 is 0 Å². The molecule has 1 aromatic heterocycles. The molecule has 0 radical (unpaired) electrons. The van der Waals surface area contributed by atoms with E-state index in [9.17, 15) is 9.59 Å². The van der Waals surface area contributed by atoms with Crippen molar-refractivity contribution >= 4 is 23.9 Å². The lowest BCUT2D eigenvalue weighted by Gasteiger charge is -2.02. The summed E-state index contributed by atoms with van der Waals surface area (Å²) in [6, 6.07) is 2.12. The summed E-state index contributed by atoms with van der Waals surface area (Å²) < 4.78 is 0. The quantitative estimate of drug-likeness (QED) is 0.451. The highest BCUT2D eigenvalue weighted by Crippen LogP contribution is 2.25. The first-order valence-electron chi connectivity index (χ1n) is 7.29. The Balaban J connectivity index is 2.41. The van der Waals surface area contributed by atoms with Crippen LogP contribution in [-0.4, -0.2) is 12.6 Å². The number of aldehydes is 2. The van der Waals surface area contributed by atoms with Crippen LogP contribution >= 0.6 is 11.3 Å². The fraction of sp³-hybridized carbons (Fsp3) is 0.625. The zero-order valence-electron chi connectivity index (χ0n) is 11.8. The summed E-state index contributed by atoms with van der Waals surface area (Å²) in [5, 5.41) is 0. The van der Waals surface area contributed by atoms with E-state index in [0.29, 0.717) is 12.8 Å². The molecule has 0 aliphatic rings. The van der Waals surface area contributed by atoms with Crippen LogP contribution in [0.1, 0.15) is 60.8 Å². The molecular formula is C16H24O2S. The number of hydrogen-bond donors (Lipinski definition) is 0. The smallest absolute Gasteiger partial charge is 0.125 e. The number of rotatable bonds is 11. The summed E-state index contributed by atoms with van der Waals surface area (Å²) in [4.78, 5) is 23.5. The lowest BCUT2D eigenvalue weighted by atomic mass is 10.0. The molecule has 0 bridgehead atoms. The van der Waals surface area contributed by atoms with Crippen molar-refractivity contribution in [1.29, 1.82) is 0 Å². The molecule has 0 amide bonds. The highest BCUT2D eigenvalue weighted by atomic mass is 32.1. The predicted molar refractivity (Wildman–Crippen MR) is 80.9 cm³/mol. The van der Waals surface area contributed by atoms with E-state index in [4.69, 9.17) is 0 Å². The SMILES string of the molecule is CCCCCCCCc1cc(CC=O)sc1CC=O. The van der Waals surface area contributed by atoms with Gasteiger partial charge in [0.1, 0.15) is 12.6 Å². The first-order chi connectivity index (χ1) is 9.31. The molecule has 1 heterocycles. The standard InChI is InChI=1S/C16H24O2S/c1-2-3-4-5-6-7-8-14-13-15(9-11-17)19-16(14)10-12-18/h11-13H,2-10H2,1H3. The number of aryl methyl sites for hydroxylation is 1. The average Bonchev–Trinajstić information content (AvgIpc) is 2.77. The largest absolute Gasteiger partial charge is 0.303 e. The Bertz CT molecular complexity index is 382. The molecule has 1 aromatic rings. The van der Waals surface area contributed by atoms with Gasteiger partial charge < -0.3 is 9.59 Å². The predicted octanol–water partition coefficient (Wildman–Crippen LogP) is 4.13. The van der Waals surface area contributed by atoms with Crippen molar-refractivity contribution in [2.75, 3.05) is 0 Å². The second-order valence-electron chi connectivity index (χ2n) is 4.92. The first kappa shape index (κ1) is 16.1. The molecule has 3 heteroatoms. The van der Waals surface area contributed by atoms with Gasteiger partial charge in [-0.3, -0.25) is 0 Å². The molecular weight excluding hydrogens is 256 g/mol. The van der Waals surface area contributed by atoms with Crippen LogP contribution in [0, 0.1) is 0 Å². The van der Waals surface area contributed by atoms with Crippen LogP contribution in [0.15, 0.2) is 6.07 Å². The van der Waals surface area contributed by atoms with Crippen molar-refractivity contribution in [2.24, 2.45) is 0 Å². The molecule has 0 fully saturated rings. The molecule has 0 aliphatic heterocycles. The van der Waals surface area contributed by atoms with E-state index in [1.165, 1.54) is 44.1 Å². The Hall–Kier alpha value is -0.960. The van der Waals surface area contributed by atoms with Gasteiger partial charge in [0.2, 0.25) is 0 Å². The Morgan fingerprint density at radius 2 is 1.68 bits per heavy atom. The van der Waals surface area contributed by atoms with Gasteiger partial charge in [-0.05, 0) is 24.5 Å². The molecule has 0 unspecified atom stereocenters. The van der Waals surface area contributed by atoms with Crippen LogP contribution in [0.3, 0.4) is 0 Å². The fourth-order valence-corrected chi connectivity index (χ4v) is 3.38. The van der Waals surface area contributed by atoms with Crippen LogP contribution in [0.2, 0.25) is 0 Å². The minimum atomic E-state index is 0.479. The maximum atomic E-state index is 10.7. The van der Waals surface area contributed by atoms with Crippen LogP contribution in [0.4, 0.5) is 0 Å².